The number of nitrogens with zero attached hydrogens (tertiary/aromatic N) is 3. The van der Waals surface area contributed by atoms with Gasteiger partial charge in [0.25, 0.3) is 11.6 Å². The van der Waals surface area contributed by atoms with Crippen LogP contribution in [-0.2, 0) is 0 Å². The highest BCUT2D eigenvalue weighted by Gasteiger charge is 2.24. The number of fused-ring (bicyclic) bond motifs is 1. The summed E-state index contributed by atoms with van der Waals surface area (Å²) in [5.74, 6) is 0.292. The molecule has 0 radical (unpaired) electrons. The average molecular weight is 476 g/mol. The summed E-state index contributed by atoms with van der Waals surface area (Å²) in [4.78, 5) is 33.8. The number of hydrogen-bond donors (Lipinski definition) is 2. The van der Waals surface area contributed by atoms with Gasteiger partial charge in [0.15, 0.2) is 0 Å². The summed E-state index contributed by atoms with van der Waals surface area (Å²) in [5, 5.41) is 15.1. The van der Waals surface area contributed by atoms with E-state index in [0.29, 0.717) is 22.2 Å². The number of carbonyl (C=O) groups is 1. The number of halogens is 1. The molecule has 0 atom stereocenters. The van der Waals surface area contributed by atoms with Crippen molar-refractivity contribution in [2.75, 3.05) is 23.3 Å². The first kappa shape index (κ1) is 21.9. The first-order valence-corrected chi connectivity index (χ1v) is 11.4. The molecule has 0 aliphatic carbocycles. The van der Waals surface area contributed by atoms with Crippen molar-refractivity contribution >= 4 is 45.6 Å². The lowest BCUT2D eigenvalue weighted by molar-refractivity contribution is -0.384. The summed E-state index contributed by atoms with van der Waals surface area (Å²) in [6.45, 7) is 3.52. The topological polar surface area (TPSA) is 104 Å². The van der Waals surface area contributed by atoms with Crippen LogP contribution in [-0.4, -0.2) is 33.9 Å². The summed E-state index contributed by atoms with van der Waals surface area (Å²) in [6.07, 6.45) is 2.02. The maximum Gasteiger partial charge on any atom is 0.293 e. The number of nitro groups is 1. The van der Waals surface area contributed by atoms with Crippen LogP contribution in [0.3, 0.4) is 0 Å². The zero-order chi connectivity index (χ0) is 23.8. The number of nitro benzene ring substituents is 1. The Morgan fingerprint density at radius 1 is 1.12 bits per heavy atom. The Morgan fingerprint density at radius 2 is 1.85 bits per heavy atom. The van der Waals surface area contributed by atoms with Crippen LogP contribution in [0.25, 0.3) is 22.4 Å². The third kappa shape index (κ3) is 4.20. The van der Waals surface area contributed by atoms with Crippen LogP contribution < -0.4 is 10.2 Å². The van der Waals surface area contributed by atoms with Crippen LogP contribution in [0.2, 0.25) is 5.02 Å². The van der Waals surface area contributed by atoms with Crippen molar-refractivity contribution < 1.29 is 9.72 Å². The number of aryl methyl sites for hydroxylation is 1. The number of aromatic nitrogens is 2. The zero-order valence-corrected chi connectivity index (χ0v) is 19.2. The molecule has 1 fully saturated rings. The van der Waals surface area contributed by atoms with E-state index in [2.05, 4.69) is 15.3 Å². The lowest BCUT2D eigenvalue weighted by Gasteiger charge is -2.17. The fourth-order valence-electron chi connectivity index (χ4n) is 4.23. The molecule has 5 rings (SSSR count). The van der Waals surface area contributed by atoms with Crippen molar-refractivity contribution in [2.24, 2.45) is 0 Å². The van der Waals surface area contributed by atoms with E-state index < -0.39 is 10.8 Å². The van der Waals surface area contributed by atoms with E-state index in [-0.39, 0.29) is 11.3 Å². The molecule has 4 aromatic rings. The molecule has 0 spiro atoms. The smallest absolute Gasteiger partial charge is 0.293 e. The van der Waals surface area contributed by atoms with Gasteiger partial charge in [-0.3, -0.25) is 14.9 Å². The number of aromatic amines is 1. The molecule has 0 bridgehead atoms. The molecule has 1 aliphatic rings. The zero-order valence-electron chi connectivity index (χ0n) is 18.5. The lowest BCUT2D eigenvalue weighted by atomic mass is 10.1. The van der Waals surface area contributed by atoms with E-state index in [1.165, 1.54) is 6.07 Å². The van der Waals surface area contributed by atoms with Crippen molar-refractivity contribution in [1.82, 2.24) is 9.97 Å². The van der Waals surface area contributed by atoms with Crippen LogP contribution in [0.5, 0.6) is 0 Å². The Hall–Kier alpha value is -3.91. The third-order valence-electron chi connectivity index (χ3n) is 6.06. The van der Waals surface area contributed by atoms with Gasteiger partial charge in [-0.25, -0.2) is 4.98 Å². The number of anilines is 2. The Balaban J connectivity index is 1.34. The molecule has 3 aromatic carbocycles. The van der Waals surface area contributed by atoms with Gasteiger partial charge in [0.05, 0.1) is 16.0 Å². The second kappa shape index (κ2) is 8.79. The van der Waals surface area contributed by atoms with Gasteiger partial charge in [0, 0.05) is 41.0 Å². The summed E-state index contributed by atoms with van der Waals surface area (Å²) in [7, 11) is 0. The Bertz CT molecular complexity index is 1370. The van der Waals surface area contributed by atoms with Gasteiger partial charge < -0.3 is 15.2 Å². The molecule has 0 unspecified atom stereocenters. The third-order valence-corrected chi connectivity index (χ3v) is 6.47. The maximum absolute atomic E-state index is 12.8. The van der Waals surface area contributed by atoms with Crippen molar-refractivity contribution in [2.45, 2.75) is 19.8 Å². The van der Waals surface area contributed by atoms with E-state index in [4.69, 9.17) is 11.6 Å². The van der Waals surface area contributed by atoms with E-state index in [0.717, 1.165) is 48.1 Å². The minimum Gasteiger partial charge on any atom is -0.366 e. The van der Waals surface area contributed by atoms with Crippen LogP contribution >= 0.6 is 11.6 Å². The first-order valence-electron chi connectivity index (χ1n) is 11.0. The van der Waals surface area contributed by atoms with Gasteiger partial charge in [-0.15, -0.1) is 0 Å². The highest BCUT2D eigenvalue weighted by molar-refractivity contribution is 6.32. The molecule has 8 nitrogen and oxygen atoms in total. The summed E-state index contributed by atoms with van der Waals surface area (Å²) in [5.41, 5.74) is 4.83. The Morgan fingerprint density at radius 3 is 2.56 bits per heavy atom. The van der Waals surface area contributed by atoms with E-state index in [1.54, 1.807) is 24.3 Å². The van der Waals surface area contributed by atoms with Crippen molar-refractivity contribution in [1.29, 1.82) is 0 Å². The van der Waals surface area contributed by atoms with Gasteiger partial charge in [0.1, 0.15) is 11.5 Å². The van der Waals surface area contributed by atoms with Gasteiger partial charge in [-0.1, -0.05) is 11.6 Å². The summed E-state index contributed by atoms with van der Waals surface area (Å²) < 4.78 is 0. The standard InChI is InChI=1S/C25H22ClN5O3/c1-15-12-20-21(14-19(15)26)29-24(28-20)16-4-7-18(8-5-16)27-25(32)17-6-9-22(23(13-17)31(33)34)30-10-2-3-11-30/h4-9,12-14H,2-3,10-11H2,1H3,(H,27,32)(H,28,29). The second-order valence-corrected chi connectivity index (χ2v) is 8.80. The highest BCUT2D eigenvalue weighted by Crippen LogP contribution is 2.32. The second-order valence-electron chi connectivity index (χ2n) is 8.39. The highest BCUT2D eigenvalue weighted by atomic mass is 35.5. The maximum atomic E-state index is 12.8. The van der Waals surface area contributed by atoms with Crippen molar-refractivity contribution in [3.8, 4) is 11.4 Å². The average Bonchev–Trinajstić information content (AvgIpc) is 3.50. The first-order chi connectivity index (χ1) is 16.4. The van der Waals surface area contributed by atoms with Gasteiger partial charge >= 0.3 is 0 Å². The van der Waals surface area contributed by atoms with E-state index in [9.17, 15) is 14.9 Å². The number of rotatable bonds is 5. The monoisotopic (exact) mass is 475 g/mol. The van der Waals surface area contributed by atoms with E-state index >= 15 is 0 Å². The van der Waals surface area contributed by atoms with Crippen molar-refractivity contribution in [3.05, 3.63) is 80.9 Å². The molecule has 172 valence electrons. The Labute approximate surface area is 200 Å². The fourth-order valence-corrected chi connectivity index (χ4v) is 4.39. The van der Waals surface area contributed by atoms with Gasteiger partial charge in [-0.05, 0) is 73.9 Å². The molecule has 2 N–H and O–H groups in total. The molecular weight excluding hydrogens is 454 g/mol. The number of hydrogen-bond acceptors (Lipinski definition) is 5. The van der Waals surface area contributed by atoms with Crippen LogP contribution in [0.15, 0.2) is 54.6 Å². The fraction of sp³-hybridized carbons (Fsp3) is 0.200. The van der Waals surface area contributed by atoms with Crippen LogP contribution in [0.4, 0.5) is 17.1 Å². The minimum absolute atomic E-state index is 0.0508. The molecule has 1 amide bonds. The largest absolute Gasteiger partial charge is 0.366 e. The molecule has 2 heterocycles. The SMILES string of the molecule is Cc1cc2[nH]c(-c3ccc(NC(=O)c4ccc(N5CCCC5)c([N+](=O)[O-])c4)cc3)nc2cc1Cl. The van der Waals surface area contributed by atoms with Gasteiger partial charge in [0.2, 0.25) is 0 Å². The number of benzene rings is 3. The van der Waals surface area contributed by atoms with Crippen molar-refractivity contribution in [3.63, 3.8) is 0 Å². The number of imidazole rings is 1. The number of H-pyrrole nitrogens is 1. The van der Waals surface area contributed by atoms with Crippen LogP contribution in [0.1, 0.15) is 28.8 Å². The number of amides is 1. The predicted octanol–water partition coefficient (Wildman–Crippen LogP) is 5.95. The lowest BCUT2D eigenvalue weighted by Crippen LogP contribution is -2.19. The summed E-state index contributed by atoms with van der Waals surface area (Å²) >= 11 is 6.20. The van der Waals surface area contributed by atoms with Crippen LogP contribution in [0, 0.1) is 17.0 Å². The molecule has 1 saturated heterocycles. The normalized spacial score (nSPS) is 13.4. The molecule has 9 heteroatoms. The van der Waals surface area contributed by atoms with E-state index in [1.807, 2.05) is 36.1 Å². The molecule has 0 saturated carbocycles. The van der Waals surface area contributed by atoms with Gasteiger partial charge in [-0.2, -0.15) is 0 Å². The molecule has 1 aliphatic heterocycles. The summed E-state index contributed by atoms with van der Waals surface area (Å²) in [6, 6.07) is 15.7. The Kier molecular flexibility index (Phi) is 5.67. The quantitative estimate of drug-likeness (QED) is 0.274. The molecule has 1 aromatic heterocycles. The predicted molar refractivity (Wildman–Crippen MR) is 134 cm³/mol. The number of nitrogens with one attached hydrogen (secondary N) is 2. The minimum atomic E-state index is -0.429. The molecular formula is C25H22ClN5O3. The number of carbonyl (C=O) groups excluding carboxylic acids is 1. The molecule has 34 heavy (non-hydrogen) atoms.